The Labute approximate surface area is 162 Å². The van der Waals surface area contributed by atoms with Crippen LogP contribution in [0.1, 0.15) is 11.6 Å². The van der Waals surface area contributed by atoms with Gasteiger partial charge in [0, 0.05) is 24.1 Å². The first kappa shape index (κ1) is 18.9. The van der Waals surface area contributed by atoms with Crippen LogP contribution >= 0.6 is 15.9 Å². The lowest BCUT2D eigenvalue weighted by Crippen LogP contribution is -2.44. The molecule has 26 heavy (non-hydrogen) atoms. The second-order valence-electron chi connectivity index (χ2n) is 6.19. The van der Waals surface area contributed by atoms with Crippen molar-refractivity contribution in [2.45, 2.75) is 6.04 Å². The fourth-order valence-electron chi connectivity index (χ4n) is 2.88. The molecule has 1 saturated heterocycles. The predicted molar refractivity (Wildman–Crippen MR) is 104 cm³/mol. The number of benzene rings is 2. The molecule has 1 aliphatic heterocycles. The summed E-state index contributed by atoms with van der Waals surface area (Å²) in [6.07, 6.45) is 0. The van der Waals surface area contributed by atoms with Gasteiger partial charge in [0.15, 0.2) is 6.61 Å². The van der Waals surface area contributed by atoms with Gasteiger partial charge in [0.05, 0.1) is 19.3 Å². The molecule has 0 aromatic heterocycles. The quantitative estimate of drug-likeness (QED) is 0.750. The van der Waals surface area contributed by atoms with Crippen molar-refractivity contribution in [3.63, 3.8) is 0 Å². The van der Waals surface area contributed by atoms with Gasteiger partial charge in [-0.2, -0.15) is 0 Å². The van der Waals surface area contributed by atoms with Crippen molar-refractivity contribution in [1.82, 2.24) is 10.2 Å². The molecule has 0 aliphatic carbocycles. The van der Waals surface area contributed by atoms with Crippen LogP contribution in [-0.4, -0.2) is 50.3 Å². The number of ether oxygens (including phenoxy) is 2. The standard InChI is InChI=1S/C20H23BrN2O3/c21-17-6-8-18(9-7-17)26-15-20(24)22-19(16-4-2-1-3-5-16)14-23-10-12-25-13-11-23/h1-9,19H,10-15H2,(H,22,24)/t19-/m1/s1. The summed E-state index contributed by atoms with van der Waals surface area (Å²) >= 11 is 3.38. The average Bonchev–Trinajstić information content (AvgIpc) is 2.68. The second kappa shape index (κ2) is 9.71. The van der Waals surface area contributed by atoms with Crippen LogP contribution in [-0.2, 0) is 9.53 Å². The van der Waals surface area contributed by atoms with Crippen molar-refractivity contribution >= 4 is 21.8 Å². The zero-order chi connectivity index (χ0) is 18.2. The van der Waals surface area contributed by atoms with Gasteiger partial charge >= 0.3 is 0 Å². The van der Waals surface area contributed by atoms with Gasteiger partial charge in [0.2, 0.25) is 0 Å². The van der Waals surface area contributed by atoms with E-state index in [1.807, 2.05) is 54.6 Å². The zero-order valence-electron chi connectivity index (χ0n) is 14.6. The van der Waals surface area contributed by atoms with E-state index in [1.165, 1.54) is 0 Å². The van der Waals surface area contributed by atoms with Gasteiger partial charge < -0.3 is 14.8 Å². The van der Waals surface area contributed by atoms with Crippen molar-refractivity contribution < 1.29 is 14.3 Å². The van der Waals surface area contributed by atoms with Gasteiger partial charge in [0.25, 0.3) is 5.91 Å². The number of hydrogen-bond acceptors (Lipinski definition) is 4. The van der Waals surface area contributed by atoms with Crippen LogP contribution in [0.2, 0.25) is 0 Å². The van der Waals surface area contributed by atoms with Crippen molar-refractivity contribution in [1.29, 1.82) is 0 Å². The number of hydrogen-bond donors (Lipinski definition) is 1. The first-order valence-corrected chi connectivity index (χ1v) is 9.53. The molecule has 3 rings (SSSR count). The molecule has 6 heteroatoms. The normalized spacial score (nSPS) is 16.0. The molecular formula is C20H23BrN2O3. The lowest BCUT2D eigenvalue weighted by molar-refractivity contribution is -0.124. The molecule has 2 aromatic carbocycles. The van der Waals surface area contributed by atoms with E-state index in [4.69, 9.17) is 9.47 Å². The maximum atomic E-state index is 12.4. The van der Waals surface area contributed by atoms with Gasteiger partial charge in [-0.25, -0.2) is 0 Å². The van der Waals surface area contributed by atoms with E-state index < -0.39 is 0 Å². The monoisotopic (exact) mass is 418 g/mol. The van der Waals surface area contributed by atoms with Crippen LogP contribution in [0.4, 0.5) is 0 Å². The summed E-state index contributed by atoms with van der Waals surface area (Å²) in [6, 6.07) is 17.4. The zero-order valence-corrected chi connectivity index (χ0v) is 16.2. The summed E-state index contributed by atoms with van der Waals surface area (Å²) in [5.41, 5.74) is 1.09. The molecule has 138 valence electrons. The third kappa shape index (κ3) is 5.83. The van der Waals surface area contributed by atoms with Gasteiger partial charge in [-0.15, -0.1) is 0 Å². The number of carbonyl (C=O) groups is 1. The third-order valence-electron chi connectivity index (χ3n) is 4.27. The van der Waals surface area contributed by atoms with E-state index in [9.17, 15) is 4.79 Å². The van der Waals surface area contributed by atoms with Crippen LogP contribution in [0.25, 0.3) is 0 Å². The highest BCUT2D eigenvalue weighted by atomic mass is 79.9. The minimum atomic E-state index is -0.130. The molecule has 1 aliphatic rings. The number of amides is 1. The van der Waals surface area contributed by atoms with E-state index in [0.717, 1.165) is 42.9 Å². The SMILES string of the molecule is O=C(COc1ccc(Br)cc1)N[C@H](CN1CCOCC1)c1ccccc1. The molecule has 1 heterocycles. The molecule has 1 N–H and O–H groups in total. The predicted octanol–water partition coefficient (Wildman–Crippen LogP) is 3.02. The summed E-state index contributed by atoms with van der Waals surface area (Å²) in [7, 11) is 0. The first-order valence-electron chi connectivity index (χ1n) is 8.73. The summed E-state index contributed by atoms with van der Waals surface area (Å²) in [5, 5.41) is 3.11. The van der Waals surface area contributed by atoms with E-state index in [1.54, 1.807) is 0 Å². The first-order chi connectivity index (χ1) is 12.7. The summed E-state index contributed by atoms with van der Waals surface area (Å²) in [5.74, 6) is 0.544. The summed E-state index contributed by atoms with van der Waals surface area (Å²) in [6.45, 7) is 4.00. The van der Waals surface area contributed by atoms with Crippen LogP contribution in [0.3, 0.4) is 0 Å². The molecule has 0 saturated carbocycles. The highest BCUT2D eigenvalue weighted by Gasteiger charge is 2.20. The number of carbonyl (C=O) groups excluding carboxylic acids is 1. The van der Waals surface area contributed by atoms with Gasteiger partial charge in [-0.3, -0.25) is 9.69 Å². The van der Waals surface area contributed by atoms with Crippen LogP contribution in [0.5, 0.6) is 5.75 Å². The molecular weight excluding hydrogens is 396 g/mol. The summed E-state index contributed by atoms with van der Waals surface area (Å²) < 4.78 is 12.0. The molecule has 0 spiro atoms. The Bertz CT molecular complexity index is 688. The van der Waals surface area contributed by atoms with Crippen LogP contribution in [0.15, 0.2) is 59.1 Å². The second-order valence-corrected chi connectivity index (χ2v) is 7.10. The lowest BCUT2D eigenvalue weighted by atomic mass is 10.1. The molecule has 1 amide bonds. The number of nitrogens with zero attached hydrogens (tertiary/aromatic N) is 1. The van der Waals surface area contributed by atoms with E-state index >= 15 is 0 Å². The Hall–Kier alpha value is -1.89. The molecule has 1 atom stereocenters. The van der Waals surface area contributed by atoms with E-state index in [0.29, 0.717) is 5.75 Å². The molecule has 1 fully saturated rings. The number of rotatable bonds is 7. The summed E-state index contributed by atoms with van der Waals surface area (Å²) in [4.78, 5) is 14.7. The molecule has 0 radical (unpaired) electrons. The third-order valence-corrected chi connectivity index (χ3v) is 4.79. The van der Waals surface area contributed by atoms with Crippen molar-refractivity contribution in [2.24, 2.45) is 0 Å². The molecule has 0 unspecified atom stereocenters. The average molecular weight is 419 g/mol. The largest absolute Gasteiger partial charge is 0.484 e. The van der Waals surface area contributed by atoms with E-state index in [-0.39, 0.29) is 18.6 Å². The Kier molecular flexibility index (Phi) is 7.05. The Morgan fingerprint density at radius 2 is 1.81 bits per heavy atom. The number of nitrogens with one attached hydrogen (secondary N) is 1. The Balaban J connectivity index is 1.58. The minimum Gasteiger partial charge on any atom is -0.484 e. The van der Waals surface area contributed by atoms with E-state index in [2.05, 4.69) is 26.1 Å². The maximum Gasteiger partial charge on any atom is 0.258 e. The van der Waals surface area contributed by atoms with Crippen LogP contribution < -0.4 is 10.1 Å². The van der Waals surface area contributed by atoms with Crippen molar-refractivity contribution in [3.8, 4) is 5.75 Å². The fraction of sp³-hybridized carbons (Fsp3) is 0.350. The fourth-order valence-corrected chi connectivity index (χ4v) is 3.14. The lowest BCUT2D eigenvalue weighted by Gasteiger charge is -2.31. The topological polar surface area (TPSA) is 50.8 Å². The van der Waals surface area contributed by atoms with Crippen molar-refractivity contribution in [2.75, 3.05) is 39.5 Å². The van der Waals surface area contributed by atoms with Gasteiger partial charge in [-0.1, -0.05) is 46.3 Å². The Morgan fingerprint density at radius 1 is 1.12 bits per heavy atom. The Morgan fingerprint density at radius 3 is 2.50 bits per heavy atom. The molecule has 5 nitrogen and oxygen atoms in total. The highest BCUT2D eigenvalue weighted by Crippen LogP contribution is 2.17. The molecule has 2 aromatic rings. The van der Waals surface area contributed by atoms with Gasteiger partial charge in [0.1, 0.15) is 5.75 Å². The number of halogens is 1. The highest BCUT2D eigenvalue weighted by molar-refractivity contribution is 9.10. The van der Waals surface area contributed by atoms with Crippen molar-refractivity contribution in [3.05, 3.63) is 64.6 Å². The molecule has 0 bridgehead atoms. The van der Waals surface area contributed by atoms with Gasteiger partial charge in [-0.05, 0) is 29.8 Å². The minimum absolute atomic E-state index is 0.00588. The van der Waals surface area contributed by atoms with Crippen LogP contribution in [0, 0.1) is 0 Å². The maximum absolute atomic E-state index is 12.4. The smallest absolute Gasteiger partial charge is 0.258 e. The number of morpholine rings is 1.